The molecule has 0 atom stereocenters. The minimum absolute atomic E-state index is 0.170. The summed E-state index contributed by atoms with van der Waals surface area (Å²) in [4.78, 5) is 12.0. The fourth-order valence-corrected chi connectivity index (χ4v) is 2.45. The van der Waals surface area contributed by atoms with Gasteiger partial charge >= 0.3 is 0 Å². The van der Waals surface area contributed by atoms with Crippen molar-refractivity contribution in [1.82, 2.24) is 9.78 Å². The van der Waals surface area contributed by atoms with Gasteiger partial charge in [-0.1, -0.05) is 6.92 Å². The second-order valence-corrected chi connectivity index (χ2v) is 4.69. The number of ketones is 1. The summed E-state index contributed by atoms with van der Waals surface area (Å²) in [5, 5.41) is 8.28. The van der Waals surface area contributed by atoms with Crippen LogP contribution in [0.2, 0.25) is 0 Å². The van der Waals surface area contributed by atoms with Crippen molar-refractivity contribution >= 4 is 17.1 Å². The molecule has 0 fully saturated rings. The Morgan fingerprint density at radius 1 is 1.47 bits per heavy atom. The average molecular weight is 248 g/mol. The van der Waals surface area contributed by atoms with Gasteiger partial charge in [0.15, 0.2) is 5.78 Å². The van der Waals surface area contributed by atoms with Gasteiger partial charge in [0.25, 0.3) is 0 Å². The van der Waals surface area contributed by atoms with E-state index in [1.807, 2.05) is 34.5 Å². The van der Waals surface area contributed by atoms with Gasteiger partial charge in [0, 0.05) is 23.2 Å². The molecule has 2 heterocycles. The lowest BCUT2D eigenvalue weighted by molar-refractivity contribution is 0.0991. The van der Waals surface area contributed by atoms with Gasteiger partial charge in [-0.25, -0.2) is 0 Å². The topological polar surface area (TPSA) is 34.9 Å². The van der Waals surface area contributed by atoms with E-state index in [0.717, 1.165) is 29.9 Å². The maximum atomic E-state index is 12.0. The molecule has 0 aliphatic carbocycles. The molecule has 0 N–H and O–H groups in total. The first-order chi connectivity index (χ1) is 8.24. The number of aromatic nitrogens is 2. The van der Waals surface area contributed by atoms with Crippen LogP contribution in [0.15, 0.2) is 22.9 Å². The molecule has 0 radical (unpaired) electrons. The van der Waals surface area contributed by atoms with Crippen LogP contribution in [0, 0.1) is 0 Å². The van der Waals surface area contributed by atoms with E-state index >= 15 is 0 Å². The highest BCUT2D eigenvalue weighted by Gasteiger charge is 2.12. The van der Waals surface area contributed by atoms with Crippen molar-refractivity contribution in [3.63, 3.8) is 0 Å². The third-order valence-corrected chi connectivity index (χ3v) is 3.44. The molecule has 0 bridgehead atoms. The van der Waals surface area contributed by atoms with Crippen molar-refractivity contribution in [2.24, 2.45) is 0 Å². The molecule has 2 aromatic rings. The van der Waals surface area contributed by atoms with Crippen LogP contribution in [-0.4, -0.2) is 15.6 Å². The second kappa shape index (κ2) is 5.27. The van der Waals surface area contributed by atoms with Gasteiger partial charge in [-0.2, -0.15) is 16.4 Å². The third kappa shape index (κ3) is 2.64. The lowest BCUT2D eigenvalue weighted by Crippen LogP contribution is -2.09. The monoisotopic (exact) mass is 248 g/mol. The number of nitrogens with zero attached hydrogens (tertiary/aromatic N) is 2. The molecular weight excluding hydrogens is 232 g/mol. The molecular formula is C13H16N2OS. The first-order valence-corrected chi connectivity index (χ1v) is 6.79. The van der Waals surface area contributed by atoms with Crippen molar-refractivity contribution in [3.8, 4) is 0 Å². The summed E-state index contributed by atoms with van der Waals surface area (Å²) in [6.07, 6.45) is 1.35. The Morgan fingerprint density at radius 3 is 2.88 bits per heavy atom. The van der Waals surface area contributed by atoms with E-state index in [1.54, 1.807) is 11.3 Å². The Balaban J connectivity index is 2.18. The maximum absolute atomic E-state index is 12.0. The molecule has 0 saturated carbocycles. The summed E-state index contributed by atoms with van der Waals surface area (Å²) in [5.74, 6) is 0.170. The van der Waals surface area contributed by atoms with Crippen LogP contribution in [-0.2, 0) is 19.4 Å². The molecule has 0 aromatic carbocycles. The summed E-state index contributed by atoms with van der Waals surface area (Å²) in [5.41, 5.74) is 2.87. The molecule has 2 aromatic heterocycles. The van der Waals surface area contributed by atoms with Crippen molar-refractivity contribution in [1.29, 1.82) is 0 Å². The predicted octanol–water partition coefficient (Wildman–Crippen LogP) is 2.95. The molecule has 0 aliphatic rings. The lowest BCUT2D eigenvalue weighted by Gasteiger charge is -2.02. The van der Waals surface area contributed by atoms with Gasteiger partial charge in [-0.05, 0) is 30.9 Å². The number of aryl methyl sites for hydroxylation is 2. The Labute approximate surface area is 105 Å². The van der Waals surface area contributed by atoms with E-state index in [9.17, 15) is 4.79 Å². The Kier molecular flexibility index (Phi) is 3.74. The van der Waals surface area contributed by atoms with Gasteiger partial charge in [0.1, 0.15) is 0 Å². The Bertz CT molecular complexity index is 499. The van der Waals surface area contributed by atoms with Crippen molar-refractivity contribution in [3.05, 3.63) is 39.8 Å². The van der Waals surface area contributed by atoms with E-state index in [4.69, 9.17) is 0 Å². The summed E-state index contributed by atoms with van der Waals surface area (Å²) in [7, 11) is 0. The van der Waals surface area contributed by atoms with E-state index in [-0.39, 0.29) is 5.78 Å². The van der Waals surface area contributed by atoms with Gasteiger partial charge in [-0.15, -0.1) is 0 Å². The first kappa shape index (κ1) is 12.0. The molecule has 0 saturated heterocycles. The van der Waals surface area contributed by atoms with Crippen molar-refractivity contribution < 1.29 is 4.79 Å². The molecule has 0 spiro atoms. The highest BCUT2D eigenvalue weighted by atomic mass is 32.1. The van der Waals surface area contributed by atoms with E-state index < -0.39 is 0 Å². The highest BCUT2D eigenvalue weighted by Crippen LogP contribution is 2.12. The zero-order valence-corrected chi connectivity index (χ0v) is 11.0. The number of Topliss-reactive ketones (excluding diaryl/α,β-unsaturated/α-hetero) is 1. The molecule has 2 rings (SSSR count). The zero-order chi connectivity index (χ0) is 12.3. The van der Waals surface area contributed by atoms with Crippen LogP contribution in [0.3, 0.4) is 0 Å². The molecule has 3 nitrogen and oxygen atoms in total. The second-order valence-electron chi connectivity index (χ2n) is 3.91. The standard InChI is InChI=1S/C13H16N2OS/c1-3-11-7-12(15(4-2)14-11)8-13(16)10-5-6-17-9-10/h5-7,9H,3-4,8H2,1-2H3. The normalized spacial score (nSPS) is 10.7. The Morgan fingerprint density at radius 2 is 2.29 bits per heavy atom. The summed E-state index contributed by atoms with van der Waals surface area (Å²) in [6, 6.07) is 3.91. The highest BCUT2D eigenvalue weighted by molar-refractivity contribution is 7.08. The van der Waals surface area contributed by atoms with E-state index in [0.29, 0.717) is 6.42 Å². The maximum Gasteiger partial charge on any atom is 0.169 e. The predicted molar refractivity (Wildman–Crippen MR) is 69.6 cm³/mol. The summed E-state index contributed by atoms with van der Waals surface area (Å²) >= 11 is 1.55. The zero-order valence-electron chi connectivity index (χ0n) is 10.1. The largest absolute Gasteiger partial charge is 0.294 e. The number of hydrogen-bond donors (Lipinski definition) is 0. The van der Waals surface area contributed by atoms with Crippen LogP contribution >= 0.6 is 11.3 Å². The van der Waals surface area contributed by atoms with E-state index in [1.165, 1.54) is 0 Å². The lowest BCUT2D eigenvalue weighted by atomic mass is 10.1. The van der Waals surface area contributed by atoms with Crippen molar-refractivity contribution in [2.75, 3.05) is 0 Å². The van der Waals surface area contributed by atoms with Crippen LogP contribution in [0.1, 0.15) is 35.6 Å². The number of hydrogen-bond acceptors (Lipinski definition) is 3. The molecule has 90 valence electrons. The number of carbonyl (C=O) groups is 1. The summed E-state index contributed by atoms with van der Waals surface area (Å²) in [6.45, 7) is 4.93. The van der Waals surface area contributed by atoms with E-state index in [2.05, 4.69) is 12.0 Å². The summed E-state index contributed by atoms with van der Waals surface area (Å²) < 4.78 is 1.92. The van der Waals surface area contributed by atoms with Gasteiger partial charge in [0.2, 0.25) is 0 Å². The molecule has 0 amide bonds. The number of carbonyl (C=O) groups excluding carboxylic acids is 1. The fraction of sp³-hybridized carbons (Fsp3) is 0.385. The minimum Gasteiger partial charge on any atom is -0.294 e. The smallest absolute Gasteiger partial charge is 0.169 e. The third-order valence-electron chi connectivity index (χ3n) is 2.76. The average Bonchev–Trinajstić information content (AvgIpc) is 2.97. The quantitative estimate of drug-likeness (QED) is 0.762. The van der Waals surface area contributed by atoms with Crippen LogP contribution in [0.5, 0.6) is 0 Å². The number of rotatable bonds is 5. The SMILES string of the molecule is CCc1cc(CC(=O)c2ccsc2)n(CC)n1. The minimum atomic E-state index is 0.170. The van der Waals surface area contributed by atoms with Gasteiger partial charge in [-0.3, -0.25) is 9.48 Å². The fourth-order valence-electron chi connectivity index (χ4n) is 1.79. The molecule has 0 unspecified atom stereocenters. The number of thiophene rings is 1. The van der Waals surface area contributed by atoms with Gasteiger partial charge in [0.05, 0.1) is 12.1 Å². The van der Waals surface area contributed by atoms with Crippen LogP contribution < -0.4 is 0 Å². The Hall–Kier alpha value is -1.42. The van der Waals surface area contributed by atoms with Gasteiger partial charge < -0.3 is 0 Å². The molecule has 4 heteroatoms. The molecule has 17 heavy (non-hydrogen) atoms. The molecule has 0 aliphatic heterocycles. The first-order valence-electron chi connectivity index (χ1n) is 5.85. The van der Waals surface area contributed by atoms with Crippen LogP contribution in [0.25, 0.3) is 0 Å². The van der Waals surface area contributed by atoms with Crippen molar-refractivity contribution in [2.45, 2.75) is 33.2 Å². The van der Waals surface area contributed by atoms with Crippen LogP contribution in [0.4, 0.5) is 0 Å².